The summed E-state index contributed by atoms with van der Waals surface area (Å²) in [5.74, 6) is 0.106. The molecule has 0 aliphatic rings. The molecule has 0 spiro atoms. The van der Waals surface area contributed by atoms with Gasteiger partial charge in [0.15, 0.2) is 5.82 Å². The van der Waals surface area contributed by atoms with Crippen LogP contribution >= 0.6 is 11.6 Å². The second-order valence-corrected chi connectivity index (χ2v) is 11.1. The molecule has 0 radical (unpaired) electrons. The average Bonchev–Trinajstić information content (AvgIpc) is 2.80. The lowest BCUT2D eigenvalue weighted by molar-refractivity contribution is 0.0995. The standard InChI is InChI=1S/C21H16ClN5O.2CH4O3S/c22-14-5-7-15(8-6-14)25-21-17-4-2-1-3-16(17)18(26-27-21)11-13-9-10-24-19(12-13)20(23)28;2*1-5(2,3)4/h1-10,12H,11H2,(H2,23,28)(H,25,27);2*1H3,(H,2,3,4). The summed E-state index contributed by atoms with van der Waals surface area (Å²) in [7, 11) is -7.33. The third-order valence-electron chi connectivity index (χ3n) is 4.32. The number of hydrogen-bond donors (Lipinski definition) is 4. The van der Waals surface area contributed by atoms with Crippen molar-refractivity contribution < 1.29 is 30.7 Å². The maximum atomic E-state index is 11.4. The van der Waals surface area contributed by atoms with E-state index in [0.717, 1.165) is 27.7 Å². The highest BCUT2D eigenvalue weighted by molar-refractivity contribution is 7.85. The van der Waals surface area contributed by atoms with Gasteiger partial charge in [-0.05, 0) is 42.0 Å². The maximum Gasteiger partial charge on any atom is 0.267 e. The Bertz CT molecular complexity index is 1590. The number of pyridine rings is 1. The van der Waals surface area contributed by atoms with Crippen molar-refractivity contribution >= 4 is 60.0 Å². The summed E-state index contributed by atoms with van der Waals surface area (Å²) in [6, 6.07) is 18.8. The summed E-state index contributed by atoms with van der Waals surface area (Å²) in [5, 5.41) is 14.7. The predicted molar refractivity (Wildman–Crippen MR) is 145 cm³/mol. The highest BCUT2D eigenvalue weighted by atomic mass is 35.5. The molecule has 12 nitrogen and oxygen atoms in total. The Kier molecular flexibility index (Phi) is 10.6. The second-order valence-electron chi connectivity index (χ2n) is 7.73. The summed E-state index contributed by atoms with van der Waals surface area (Å²) >= 11 is 5.95. The molecule has 0 aliphatic carbocycles. The van der Waals surface area contributed by atoms with Crippen molar-refractivity contribution in [3.8, 4) is 0 Å². The number of nitrogens with two attached hydrogens (primary N) is 1. The number of carbonyl (C=O) groups is 1. The van der Waals surface area contributed by atoms with Crippen LogP contribution in [0, 0.1) is 0 Å². The number of nitrogens with one attached hydrogen (secondary N) is 1. The predicted octanol–water partition coefficient (Wildman–Crippen LogP) is 3.12. The average molecular weight is 582 g/mol. The number of fused-ring (bicyclic) bond motifs is 1. The maximum absolute atomic E-state index is 11.4. The molecule has 2 heterocycles. The van der Waals surface area contributed by atoms with Crippen molar-refractivity contribution in [3.63, 3.8) is 0 Å². The van der Waals surface area contributed by atoms with Gasteiger partial charge < -0.3 is 11.1 Å². The molecule has 15 heteroatoms. The molecule has 2 aromatic heterocycles. The highest BCUT2D eigenvalue weighted by Crippen LogP contribution is 2.27. The molecule has 0 bridgehead atoms. The number of nitrogens with zero attached hydrogens (tertiary/aromatic N) is 3. The number of hydrogen-bond acceptors (Lipinski definition) is 9. The van der Waals surface area contributed by atoms with Gasteiger partial charge in [0.2, 0.25) is 0 Å². The summed E-state index contributed by atoms with van der Waals surface area (Å²) in [5.41, 5.74) is 8.12. The molecule has 0 aliphatic heterocycles. The SMILES string of the molecule is CS(=O)(=O)O.CS(=O)(=O)O.NC(=O)c1cc(Cc2nnc(Nc3ccc(Cl)cc3)c3ccccc23)ccn1. The highest BCUT2D eigenvalue weighted by Gasteiger charge is 2.11. The molecular formula is C23H24ClN5O7S2. The van der Waals surface area contributed by atoms with Crippen molar-refractivity contribution in [3.05, 3.63) is 88.8 Å². The molecular weight excluding hydrogens is 558 g/mol. The van der Waals surface area contributed by atoms with Crippen LogP contribution in [0.5, 0.6) is 0 Å². The van der Waals surface area contributed by atoms with Gasteiger partial charge in [-0.25, -0.2) is 0 Å². The van der Waals surface area contributed by atoms with Crippen LogP contribution in [0.25, 0.3) is 10.8 Å². The first-order valence-corrected chi connectivity index (χ1v) is 14.5. The van der Waals surface area contributed by atoms with Gasteiger partial charge in [-0.3, -0.25) is 18.9 Å². The zero-order chi connectivity index (χ0) is 28.5. The van der Waals surface area contributed by atoms with E-state index in [0.29, 0.717) is 29.8 Å². The summed E-state index contributed by atoms with van der Waals surface area (Å²) in [6.45, 7) is 0. The Morgan fingerprint density at radius 2 is 1.47 bits per heavy atom. The van der Waals surface area contributed by atoms with E-state index in [-0.39, 0.29) is 5.69 Å². The van der Waals surface area contributed by atoms with Crippen LogP contribution in [0.1, 0.15) is 21.7 Å². The van der Waals surface area contributed by atoms with Crippen molar-refractivity contribution in [1.82, 2.24) is 15.2 Å². The van der Waals surface area contributed by atoms with E-state index in [1.165, 1.54) is 0 Å². The van der Waals surface area contributed by atoms with Crippen LogP contribution < -0.4 is 11.1 Å². The molecule has 4 rings (SSSR count). The molecule has 38 heavy (non-hydrogen) atoms. The van der Waals surface area contributed by atoms with E-state index >= 15 is 0 Å². The van der Waals surface area contributed by atoms with Crippen molar-refractivity contribution in [2.45, 2.75) is 6.42 Å². The van der Waals surface area contributed by atoms with Crippen LogP contribution in [0.2, 0.25) is 5.02 Å². The number of rotatable bonds is 5. The Morgan fingerprint density at radius 1 is 0.921 bits per heavy atom. The lowest BCUT2D eigenvalue weighted by atomic mass is 10.0. The first-order valence-electron chi connectivity index (χ1n) is 10.5. The minimum Gasteiger partial charge on any atom is -0.364 e. The zero-order valence-electron chi connectivity index (χ0n) is 20.1. The third-order valence-corrected chi connectivity index (χ3v) is 4.57. The number of primary amides is 1. The first-order chi connectivity index (χ1) is 17.6. The third kappa shape index (κ3) is 11.6. The van der Waals surface area contributed by atoms with Crippen LogP contribution in [0.3, 0.4) is 0 Å². The largest absolute Gasteiger partial charge is 0.364 e. The first kappa shape index (κ1) is 30.5. The van der Waals surface area contributed by atoms with E-state index in [2.05, 4.69) is 20.5 Å². The van der Waals surface area contributed by atoms with Crippen LogP contribution in [0.4, 0.5) is 11.5 Å². The van der Waals surface area contributed by atoms with E-state index in [4.69, 9.17) is 26.4 Å². The summed E-state index contributed by atoms with van der Waals surface area (Å²) in [4.78, 5) is 15.4. The van der Waals surface area contributed by atoms with E-state index in [1.54, 1.807) is 12.3 Å². The Labute approximate surface area is 224 Å². The lowest BCUT2D eigenvalue weighted by Gasteiger charge is -2.11. The smallest absolute Gasteiger partial charge is 0.267 e. The molecule has 0 unspecified atom stereocenters. The molecule has 2 aromatic carbocycles. The normalized spacial score (nSPS) is 11.0. The molecule has 5 N–H and O–H groups in total. The van der Waals surface area contributed by atoms with Crippen molar-refractivity contribution in [2.24, 2.45) is 5.73 Å². The van der Waals surface area contributed by atoms with Crippen LogP contribution in [-0.2, 0) is 26.7 Å². The summed E-state index contributed by atoms with van der Waals surface area (Å²) in [6.07, 6.45) is 3.51. The van der Waals surface area contributed by atoms with Crippen molar-refractivity contribution in [1.29, 1.82) is 0 Å². The van der Waals surface area contributed by atoms with Crippen LogP contribution in [-0.4, -0.2) is 59.5 Å². The fourth-order valence-electron chi connectivity index (χ4n) is 2.96. The minimum atomic E-state index is -3.67. The van der Waals surface area contributed by atoms with Crippen LogP contribution in [0.15, 0.2) is 66.9 Å². The van der Waals surface area contributed by atoms with Gasteiger partial charge >= 0.3 is 0 Å². The van der Waals surface area contributed by atoms with Gasteiger partial charge in [0.1, 0.15) is 5.69 Å². The van der Waals surface area contributed by atoms with E-state index in [1.807, 2.05) is 54.6 Å². The quantitative estimate of drug-likeness (QED) is 0.252. The number of anilines is 2. The second kappa shape index (κ2) is 13.2. The molecule has 4 aromatic rings. The number of carbonyl (C=O) groups excluding carboxylic acids is 1. The fourth-order valence-corrected chi connectivity index (χ4v) is 3.09. The van der Waals surface area contributed by atoms with Gasteiger partial charge in [0.05, 0.1) is 18.2 Å². The van der Waals surface area contributed by atoms with Gasteiger partial charge in [-0.15, -0.1) is 5.10 Å². The van der Waals surface area contributed by atoms with E-state index < -0.39 is 26.1 Å². The Balaban J connectivity index is 0.000000435. The van der Waals surface area contributed by atoms with Gasteiger partial charge in [-0.1, -0.05) is 35.9 Å². The molecule has 0 saturated carbocycles. The van der Waals surface area contributed by atoms with E-state index in [9.17, 15) is 21.6 Å². The fraction of sp³-hybridized carbons (Fsp3) is 0.130. The Hall–Kier alpha value is -3.69. The topological polar surface area (TPSA) is 203 Å². The lowest BCUT2D eigenvalue weighted by Crippen LogP contribution is -2.13. The minimum absolute atomic E-state index is 0.232. The number of amides is 1. The molecule has 0 atom stereocenters. The number of halogens is 1. The van der Waals surface area contributed by atoms with Crippen molar-refractivity contribution in [2.75, 3.05) is 17.8 Å². The molecule has 202 valence electrons. The summed E-state index contributed by atoms with van der Waals surface area (Å²) < 4.78 is 51.7. The zero-order valence-corrected chi connectivity index (χ0v) is 22.5. The van der Waals surface area contributed by atoms with Gasteiger partial charge in [0, 0.05) is 34.1 Å². The number of benzene rings is 2. The molecule has 1 amide bonds. The number of aromatic nitrogens is 3. The molecule has 0 saturated heterocycles. The van der Waals surface area contributed by atoms with Gasteiger partial charge in [-0.2, -0.15) is 21.9 Å². The van der Waals surface area contributed by atoms with Gasteiger partial charge in [0.25, 0.3) is 26.1 Å². The molecule has 0 fully saturated rings. The Morgan fingerprint density at radius 3 is 2.03 bits per heavy atom. The monoisotopic (exact) mass is 581 g/mol.